The van der Waals surface area contributed by atoms with E-state index in [1.807, 2.05) is 13.8 Å². The summed E-state index contributed by atoms with van der Waals surface area (Å²) in [5, 5.41) is 12.8. The molecule has 2 saturated carbocycles. The number of hydrogen-bond acceptors (Lipinski definition) is 6. The summed E-state index contributed by atoms with van der Waals surface area (Å²) in [5.74, 6) is -2.67. The van der Waals surface area contributed by atoms with E-state index < -0.39 is 46.8 Å². The third kappa shape index (κ3) is 3.71. The summed E-state index contributed by atoms with van der Waals surface area (Å²) in [6.45, 7) is 3.30. The van der Waals surface area contributed by atoms with Crippen molar-refractivity contribution < 1.29 is 24.1 Å². The van der Waals surface area contributed by atoms with Crippen molar-refractivity contribution in [3.63, 3.8) is 0 Å². The molecule has 1 saturated heterocycles. The van der Waals surface area contributed by atoms with Gasteiger partial charge in [-0.05, 0) is 74.3 Å². The number of non-ortho nitro benzene ring substituents is 1. The monoisotopic (exact) mass is 475 g/mol. The fraction of sp³-hybridized carbons (Fsp3) is 0.385. The highest BCUT2D eigenvalue weighted by atomic mass is 16.6. The molecule has 9 heteroatoms. The summed E-state index contributed by atoms with van der Waals surface area (Å²) < 4.78 is 0. The Bertz CT molecular complexity index is 1240. The number of Topliss-reactive ketones (excluding diaryl/α,β-unsaturated/α-hetero) is 1. The highest BCUT2D eigenvalue weighted by molar-refractivity contribution is 6.10. The van der Waals surface area contributed by atoms with Gasteiger partial charge in [-0.15, -0.1) is 0 Å². The molecular weight excluding hydrogens is 450 g/mol. The Morgan fingerprint density at radius 1 is 0.943 bits per heavy atom. The molecule has 180 valence electrons. The number of aryl methyl sites for hydroxylation is 2. The van der Waals surface area contributed by atoms with Crippen molar-refractivity contribution in [3.8, 4) is 0 Å². The van der Waals surface area contributed by atoms with Crippen molar-refractivity contribution in [1.29, 1.82) is 0 Å². The zero-order chi connectivity index (χ0) is 25.0. The van der Waals surface area contributed by atoms with Gasteiger partial charge in [0, 0.05) is 23.3 Å². The summed E-state index contributed by atoms with van der Waals surface area (Å²) in [7, 11) is 0. The smallest absolute Gasteiger partial charge is 0.273 e. The number of amides is 3. The standard InChI is InChI=1S/C26H25N3O6/c1-14-3-4-17(11-15(14)2)21(30)13-27(24(31)16-7-9-20(10-8-16)29(34)35)28-25(32)22-18-5-6-19(12-18)23(22)26(28)33/h3-4,7-11,18-19,22-23H,5-6,12-13H2,1-2H3/t18-,19-,22-,23-/m0/s1. The molecule has 0 unspecified atom stereocenters. The van der Waals surface area contributed by atoms with Gasteiger partial charge < -0.3 is 0 Å². The second-order valence-corrected chi connectivity index (χ2v) is 9.76. The van der Waals surface area contributed by atoms with E-state index in [4.69, 9.17) is 0 Å². The number of benzene rings is 2. The van der Waals surface area contributed by atoms with Crippen LogP contribution in [0, 0.1) is 47.6 Å². The van der Waals surface area contributed by atoms with E-state index >= 15 is 0 Å². The van der Waals surface area contributed by atoms with Crippen molar-refractivity contribution in [1.82, 2.24) is 10.0 Å². The number of hydrogen-bond donors (Lipinski definition) is 0. The molecule has 0 aromatic heterocycles. The molecule has 1 aliphatic heterocycles. The van der Waals surface area contributed by atoms with Crippen LogP contribution in [0.15, 0.2) is 42.5 Å². The normalized spacial score (nSPS) is 24.6. The van der Waals surface area contributed by atoms with Crippen LogP contribution in [0.2, 0.25) is 0 Å². The van der Waals surface area contributed by atoms with Crippen LogP contribution < -0.4 is 0 Å². The largest absolute Gasteiger partial charge is 0.292 e. The minimum absolute atomic E-state index is 0.0455. The van der Waals surface area contributed by atoms with Crippen LogP contribution >= 0.6 is 0 Å². The Kier molecular flexibility index (Phi) is 5.50. The summed E-state index contributed by atoms with van der Waals surface area (Å²) in [4.78, 5) is 64.1. The van der Waals surface area contributed by atoms with Crippen molar-refractivity contribution in [2.75, 3.05) is 6.54 Å². The molecule has 3 amide bonds. The van der Waals surface area contributed by atoms with Crippen LogP contribution in [0.25, 0.3) is 0 Å². The molecule has 2 aliphatic carbocycles. The van der Waals surface area contributed by atoms with Gasteiger partial charge in [-0.25, -0.2) is 5.01 Å². The fourth-order valence-corrected chi connectivity index (χ4v) is 5.88. The maximum absolute atomic E-state index is 13.5. The minimum atomic E-state index is -0.730. The van der Waals surface area contributed by atoms with Gasteiger partial charge in [0.2, 0.25) is 0 Å². The molecule has 2 bridgehead atoms. The van der Waals surface area contributed by atoms with Crippen LogP contribution in [-0.4, -0.2) is 45.0 Å². The first-order valence-electron chi connectivity index (χ1n) is 11.7. The molecule has 2 aromatic carbocycles. The summed E-state index contributed by atoms with van der Waals surface area (Å²) in [6, 6.07) is 10.1. The first kappa shape index (κ1) is 22.9. The van der Waals surface area contributed by atoms with E-state index in [1.165, 1.54) is 24.3 Å². The number of imide groups is 1. The number of fused-ring (bicyclic) bond motifs is 5. The second-order valence-electron chi connectivity index (χ2n) is 9.76. The second kappa shape index (κ2) is 8.41. The van der Waals surface area contributed by atoms with Gasteiger partial charge in [0.25, 0.3) is 23.4 Å². The van der Waals surface area contributed by atoms with Gasteiger partial charge in [-0.1, -0.05) is 12.1 Å². The SMILES string of the molecule is Cc1ccc(C(=O)CN(C(=O)c2ccc([N+](=O)[O-])cc2)N2C(=O)[C@H]3[C@H]4CC[C@@H](C4)[C@@H]3C2=O)cc1C. The Hall–Kier alpha value is -3.88. The first-order valence-corrected chi connectivity index (χ1v) is 11.7. The van der Waals surface area contributed by atoms with Gasteiger partial charge in [0.15, 0.2) is 5.78 Å². The third-order valence-electron chi connectivity index (χ3n) is 7.83. The Balaban J connectivity index is 1.50. The molecule has 0 radical (unpaired) electrons. The number of hydrazine groups is 1. The van der Waals surface area contributed by atoms with Crippen LogP contribution in [0.5, 0.6) is 0 Å². The van der Waals surface area contributed by atoms with E-state index in [2.05, 4.69) is 0 Å². The molecule has 1 heterocycles. The number of ketones is 1. The molecule has 35 heavy (non-hydrogen) atoms. The lowest BCUT2D eigenvalue weighted by Gasteiger charge is -2.30. The maximum Gasteiger partial charge on any atom is 0.273 e. The molecule has 4 atom stereocenters. The molecule has 5 rings (SSSR count). The van der Waals surface area contributed by atoms with E-state index in [0.29, 0.717) is 5.56 Å². The lowest BCUT2D eigenvalue weighted by Crippen LogP contribution is -2.52. The van der Waals surface area contributed by atoms with E-state index in [1.54, 1.807) is 18.2 Å². The van der Waals surface area contributed by atoms with Crippen LogP contribution in [0.1, 0.15) is 51.1 Å². The summed E-state index contributed by atoms with van der Waals surface area (Å²) >= 11 is 0. The number of carbonyl (C=O) groups excluding carboxylic acids is 4. The van der Waals surface area contributed by atoms with Crippen LogP contribution in [0.3, 0.4) is 0 Å². The van der Waals surface area contributed by atoms with E-state index in [-0.39, 0.29) is 23.1 Å². The molecule has 9 nitrogen and oxygen atoms in total. The van der Waals surface area contributed by atoms with Gasteiger partial charge in [0.05, 0.1) is 16.8 Å². The zero-order valence-electron chi connectivity index (χ0n) is 19.5. The predicted molar refractivity (Wildman–Crippen MR) is 124 cm³/mol. The predicted octanol–water partition coefficient (Wildman–Crippen LogP) is 3.48. The maximum atomic E-state index is 13.5. The average Bonchev–Trinajstić information content (AvgIpc) is 3.52. The molecular formula is C26H25N3O6. The number of rotatable bonds is 6. The zero-order valence-corrected chi connectivity index (χ0v) is 19.5. The molecule has 0 N–H and O–H groups in total. The van der Waals surface area contributed by atoms with E-state index in [9.17, 15) is 29.3 Å². The van der Waals surface area contributed by atoms with Gasteiger partial charge in [-0.3, -0.25) is 29.3 Å². The lowest BCUT2D eigenvalue weighted by molar-refractivity contribution is -0.384. The summed E-state index contributed by atoms with van der Waals surface area (Å²) in [6.07, 6.45) is 2.62. The molecule has 3 fully saturated rings. The van der Waals surface area contributed by atoms with Crippen molar-refractivity contribution in [2.24, 2.45) is 23.7 Å². The van der Waals surface area contributed by atoms with Crippen LogP contribution in [0.4, 0.5) is 5.69 Å². The number of nitrogens with zero attached hydrogens (tertiary/aromatic N) is 3. The van der Waals surface area contributed by atoms with Crippen LogP contribution in [-0.2, 0) is 9.59 Å². The quantitative estimate of drug-likeness (QED) is 0.273. The third-order valence-corrected chi connectivity index (χ3v) is 7.83. The number of nitro benzene ring substituents is 1. The lowest BCUT2D eigenvalue weighted by atomic mass is 9.81. The minimum Gasteiger partial charge on any atom is -0.292 e. The number of carbonyl (C=O) groups is 4. The fourth-order valence-electron chi connectivity index (χ4n) is 5.88. The Labute approximate surface area is 201 Å². The average molecular weight is 476 g/mol. The number of nitro groups is 1. The topological polar surface area (TPSA) is 118 Å². The van der Waals surface area contributed by atoms with Crippen molar-refractivity contribution in [2.45, 2.75) is 33.1 Å². The van der Waals surface area contributed by atoms with Gasteiger partial charge in [-0.2, -0.15) is 5.01 Å². The van der Waals surface area contributed by atoms with Gasteiger partial charge >= 0.3 is 0 Å². The highest BCUT2D eigenvalue weighted by Gasteiger charge is 2.62. The highest BCUT2D eigenvalue weighted by Crippen LogP contribution is 2.56. The Morgan fingerprint density at radius 2 is 1.51 bits per heavy atom. The molecule has 0 spiro atoms. The first-order chi connectivity index (χ1) is 16.7. The summed E-state index contributed by atoms with van der Waals surface area (Å²) in [5.41, 5.74) is 2.13. The van der Waals surface area contributed by atoms with Crippen molar-refractivity contribution >= 4 is 29.2 Å². The van der Waals surface area contributed by atoms with Crippen molar-refractivity contribution in [3.05, 3.63) is 74.8 Å². The van der Waals surface area contributed by atoms with E-state index in [0.717, 1.165) is 40.4 Å². The Morgan fingerprint density at radius 3 is 2.06 bits per heavy atom. The molecule has 2 aromatic rings. The molecule has 3 aliphatic rings. The van der Waals surface area contributed by atoms with Gasteiger partial charge in [0.1, 0.15) is 6.54 Å².